The van der Waals surface area contributed by atoms with E-state index in [4.69, 9.17) is 9.47 Å². The first kappa shape index (κ1) is 14.3. The van der Waals surface area contributed by atoms with Crippen LogP contribution in [-0.2, 0) is 11.3 Å². The Balaban J connectivity index is 1.80. The number of ether oxygens (including phenoxy) is 2. The van der Waals surface area contributed by atoms with E-state index in [-0.39, 0.29) is 6.10 Å². The lowest BCUT2D eigenvalue weighted by Gasteiger charge is -2.23. The molecule has 1 N–H and O–H groups in total. The Morgan fingerprint density at radius 1 is 1.42 bits per heavy atom. The van der Waals surface area contributed by atoms with Crippen LogP contribution in [0.15, 0.2) is 24.3 Å². The highest BCUT2D eigenvalue weighted by Gasteiger charge is 2.24. The molecule has 1 fully saturated rings. The highest BCUT2D eigenvalue weighted by Crippen LogP contribution is 2.18. The number of benzene rings is 1. The molecule has 2 atom stereocenters. The van der Waals surface area contributed by atoms with Crippen LogP contribution in [0, 0.1) is 5.92 Å². The van der Waals surface area contributed by atoms with Crippen LogP contribution in [0.1, 0.15) is 12.0 Å². The van der Waals surface area contributed by atoms with Crippen LogP contribution < -0.4 is 4.74 Å². The third kappa shape index (κ3) is 4.20. The van der Waals surface area contributed by atoms with Gasteiger partial charge in [-0.2, -0.15) is 0 Å². The average Bonchev–Trinajstić information content (AvgIpc) is 2.93. The number of rotatable bonds is 6. The Labute approximate surface area is 114 Å². The molecule has 2 unspecified atom stereocenters. The maximum atomic E-state index is 10.1. The Bertz CT molecular complexity index is 373. The summed E-state index contributed by atoms with van der Waals surface area (Å²) in [4.78, 5) is 2.14. The molecule has 0 spiro atoms. The zero-order chi connectivity index (χ0) is 13.7. The number of hydrogen-bond donors (Lipinski definition) is 1. The summed E-state index contributed by atoms with van der Waals surface area (Å²) in [6, 6.07) is 8.04. The van der Waals surface area contributed by atoms with E-state index in [1.54, 1.807) is 7.11 Å². The van der Waals surface area contributed by atoms with E-state index in [9.17, 15) is 5.11 Å². The second kappa shape index (κ2) is 6.89. The van der Waals surface area contributed by atoms with E-state index in [1.807, 2.05) is 19.2 Å². The van der Waals surface area contributed by atoms with Gasteiger partial charge in [-0.05, 0) is 31.2 Å². The number of nitrogens with zero attached hydrogens (tertiary/aromatic N) is 1. The Morgan fingerprint density at radius 3 is 2.74 bits per heavy atom. The lowest BCUT2D eigenvalue weighted by atomic mass is 10.0. The van der Waals surface area contributed by atoms with Crippen LogP contribution in [0.25, 0.3) is 0 Å². The van der Waals surface area contributed by atoms with Gasteiger partial charge in [0.05, 0.1) is 19.8 Å². The summed E-state index contributed by atoms with van der Waals surface area (Å²) in [5.74, 6) is 1.16. The van der Waals surface area contributed by atoms with Gasteiger partial charge in [-0.3, -0.25) is 4.90 Å². The van der Waals surface area contributed by atoms with Crippen LogP contribution in [0.4, 0.5) is 0 Å². The summed E-state index contributed by atoms with van der Waals surface area (Å²) in [5.41, 5.74) is 1.22. The standard InChI is InChI=1S/C15H23NO3/c1-16(10-15(17)13-7-8-19-11-13)9-12-3-5-14(18-2)6-4-12/h3-6,13,15,17H,7-11H2,1-2H3. The van der Waals surface area contributed by atoms with Gasteiger partial charge in [0.1, 0.15) is 5.75 Å². The molecule has 0 bridgehead atoms. The summed E-state index contributed by atoms with van der Waals surface area (Å²) in [5, 5.41) is 10.1. The maximum Gasteiger partial charge on any atom is 0.118 e. The second-order valence-corrected chi connectivity index (χ2v) is 5.24. The molecule has 0 aromatic heterocycles. The average molecular weight is 265 g/mol. The molecule has 2 rings (SSSR count). The monoisotopic (exact) mass is 265 g/mol. The molecule has 0 amide bonds. The molecule has 106 valence electrons. The molecule has 4 heteroatoms. The minimum Gasteiger partial charge on any atom is -0.497 e. The van der Waals surface area contributed by atoms with Crippen molar-refractivity contribution in [1.82, 2.24) is 4.90 Å². The highest BCUT2D eigenvalue weighted by molar-refractivity contribution is 5.27. The van der Waals surface area contributed by atoms with Crippen molar-refractivity contribution in [2.24, 2.45) is 5.92 Å². The third-order valence-corrected chi connectivity index (χ3v) is 3.62. The Kier molecular flexibility index (Phi) is 5.19. The van der Waals surface area contributed by atoms with Crippen LogP contribution in [0.3, 0.4) is 0 Å². The van der Waals surface area contributed by atoms with Gasteiger partial charge in [-0.25, -0.2) is 0 Å². The first-order valence-electron chi connectivity index (χ1n) is 6.76. The Hall–Kier alpha value is -1.10. The number of aliphatic hydroxyl groups excluding tert-OH is 1. The van der Waals surface area contributed by atoms with Crippen molar-refractivity contribution in [1.29, 1.82) is 0 Å². The van der Waals surface area contributed by atoms with Crippen molar-refractivity contribution in [3.8, 4) is 5.75 Å². The van der Waals surface area contributed by atoms with E-state index >= 15 is 0 Å². The molecule has 0 saturated carbocycles. The molecule has 1 aromatic carbocycles. The topological polar surface area (TPSA) is 41.9 Å². The van der Waals surface area contributed by atoms with E-state index < -0.39 is 0 Å². The molecular formula is C15H23NO3. The smallest absolute Gasteiger partial charge is 0.118 e. The van der Waals surface area contributed by atoms with Crippen molar-refractivity contribution < 1.29 is 14.6 Å². The maximum absolute atomic E-state index is 10.1. The first-order chi connectivity index (χ1) is 9.19. The van der Waals surface area contributed by atoms with Gasteiger partial charge in [-0.15, -0.1) is 0 Å². The van der Waals surface area contributed by atoms with Gasteiger partial charge in [0, 0.05) is 25.6 Å². The molecule has 0 aliphatic carbocycles. The molecule has 19 heavy (non-hydrogen) atoms. The van der Waals surface area contributed by atoms with Crippen LogP contribution in [0.2, 0.25) is 0 Å². The molecule has 1 saturated heterocycles. The van der Waals surface area contributed by atoms with Crippen molar-refractivity contribution in [3.63, 3.8) is 0 Å². The van der Waals surface area contributed by atoms with E-state index in [1.165, 1.54) is 5.56 Å². The number of methoxy groups -OCH3 is 1. The summed E-state index contributed by atoms with van der Waals surface area (Å²) in [7, 11) is 3.70. The van der Waals surface area contributed by atoms with Crippen molar-refractivity contribution >= 4 is 0 Å². The predicted molar refractivity (Wildman–Crippen MR) is 74.3 cm³/mol. The number of aliphatic hydroxyl groups is 1. The fourth-order valence-corrected chi connectivity index (χ4v) is 2.43. The van der Waals surface area contributed by atoms with Crippen molar-refractivity contribution in [2.75, 3.05) is 33.9 Å². The molecule has 0 radical (unpaired) electrons. The number of likely N-dealkylation sites (N-methyl/N-ethyl adjacent to an activating group) is 1. The van der Waals surface area contributed by atoms with E-state index in [2.05, 4.69) is 17.0 Å². The summed E-state index contributed by atoms with van der Waals surface area (Å²) in [6.45, 7) is 2.98. The third-order valence-electron chi connectivity index (χ3n) is 3.62. The largest absolute Gasteiger partial charge is 0.497 e. The fourth-order valence-electron chi connectivity index (χ4n) is 2.43. The molecule has 1 aliphatic heterocycles. The SMILES string of the molecule is COc1ccc(CN(C)CC(O)C2CCOC2)cc1. The van der Waals surface area contributed by atoms with E-state index in [0.29, 0.717) is 19.1 Å². The summed E-state index contributed by atoms with van der Waals surface area (Å²) < 4.78 is 10.4. The van der Waals surface area contributed by atoms with Gasteiger partial charge in [0.15, 0.2) is 0 Å². The van der Waals surface area contributed by atoms with Gasteiger partial charge in [-0.1, -0.05) is 12.1 Å². The molecule has 1 aliphatic rings. The van der Waals surface area contributed by atoms with Crippen LogP contribution in [-0.4, -0.2) is 50.0 Å². The zero-order valence-corrected chi connectivity index (χ0v) is 11.7. The molecular weight excluding hydrogens is 242 g/mol. The quantitative estimate of drug-likeness (QED) is 0.847. The fraction of sp³-hybridized carbons (Fsp3) is 0.600. The van der Waals surface area contributed by atoms with Gasteiger partial charge in [0.2, 0.25) is 0 Å². The Morgan fingerprint density at radius 2 is 2.16 bits per heavy atom. The lowest BCUT2D eigenvalue weighted by molar-refractivity contribution is 0.0615. The normalized spacial score (nSPS) is 20.7. The van der Waals surface area contributed by atoms with Gasteiger partial charge >= 0.3 is 0 Å². The number of hydrogen-bond acceptors (Lipinski definition) is 4. The molecule has 1 aromatic rings. The zero-order valence-electron chi connectivity index (χ0n) is 11.7. The highest BCUT2D eigenvalue weighted by atomic mass is 16.5. The summed E-state index contributed by atoms with van der Waals surface area (Å²) >= 11 is 0. The second-order valence-electron chi connectivity index (χ2n) is 5.24. The van der Waals surface area contributed by atoms with Crippen LogP contribution in [0.5, 0.6) is 5.75 Å². The molecule has 4 nitrogen and oxygen atoms in total. The van der Waals surface area contributed by atoms with Gasteiger partial charge in [0.25, 0.3) is 0 Å². The summed E-state index contributed by atoms with van der Waals surface area (Å²) in [6.07, 6.45) is 0.670. The minimum atomic E-state index is -0.300. The van der Waals surface area contributed by atoms with Crippen molar-refractivity contribution in [3.05, 3.63) is 29.8 Å². The molecule has 1 heterocycles. The minimum absolute atomic E-state index is 0.290. The first-order valence-corrected chi connectivity index (χ1v) is 6.76. The lowest BCUT2D eigenvalue weighted by Crippen LogP contribution is -2.34. The predicted octanol–water partition coefficient (Wildman–Crippen LogP) is 1.52. The van der Waals surface area contributed by atoms with Gasteiger partial charge < -0.3 is 14.6 Å². The van der Waals surface area contributed by atoms with E-state index in [0.717, 1.165) is 25.3 Å². The van der Waals surface area contributed by atoms with Crippen LogP contribution >= 0.6 is 0 Å². The van der Waals surface area contributed by atoms with Crippen molar-refractivity contribution in [2.45, 2.75) is 19.1 Å².